The van der Waals surface area contributed by atoms with Crippen molar-refractivity contribution in [2.24, 2.45) is 0 Å². The van der Waals surface area contributed by atoms with Crippen LogP contribution in [0.3, 0.4) is 0 Å². The summed E-state index contributed by atoms with van der Waals surface area (Å²) >= 11 is 0. The molecule has 1 aromatic rings. The fourth-order valence-corrected chi connectivity index (χ4v) is 2.85. The number of hydrogen-bond acceptors (Lipinski definition) is 3. The van der Waals surface area contributed by atoms with E-state index in [1.54, 1.807) is 0 Å². The molecule has 0 bridgehead atoms. The first-order valence-corrected chi connectivity index (χ1v) is 6.71. The molecule has 2 aliphatic heterocycles. The van der Waals surface area contributed by atoms with E-state index >= 15 is 0 Å². The van der Waals surface area contributed by atoms with Gasteiger partial charge in [0, 0.05) is 24.0 Å². The molecule has 5 nitrogen and oxygen atoms in total. The standard InChI is InChI=1S/C14H19N3O2/c1-9-6-10-7-11(15)2-3-13(10)17(9)14(18)16-12-4-5-19-8-12/h2-3,7,9,12H,4-6,8,15H2,1H3,(H,16,18). The van der Waals surface area contributed by atoms with E-state index in [4.69, 9.17) is 10.5 Å². The monoisotopic (exact) mass is 261 g/mol. The summed E-state index contributed by atoms with van der Waals surface area (Å²) in [6.45, 7) is 3.40. The molecule has 102 valence electrons. The number of carbonyl (C=O) groups is 1. The summed E-state index contributed by atoms with van der Waals surface area (Å²) in [5.74, 6) is 0. The number of carbonyl (C=O) groups excluding carboxylic acids is 1. The quantitative estimate of drug-likeness (QED) is 0.753. The first-order valence-electron chi connectivity index (χ1n) is 6.71. The van der Waals surface area contributed by atoms with Crippen LogP contribution in [0.4, 0.5) is 16.2 Å². The molecule has 5 heteroatoms. The number of anilines is 2. The van der Waals surface area contributed by atoms with Gasteiger partial charge in [-0.2, -0.15) is 0 Å². The Morgan fingerprint density at radius 2 is 2.37 bits per heavy atom. The lowest BCUT2D eigenvalue weighted by Crippen LogP contribution is -2.47. The van der Waals surface area contributed by atoms with Gasteiger partial charge in [-0.25, -0.2) is 4.79 Å². The van der Waals surface area contributed by atoms with Crippen molar-refractivity contribution in [2.75, 3.05) is 23.8 Å². The predicted molar refractivity (Wildman–Crippen MR) is 74.3 cm³/mol. The summed E-state index contributed by atoms with van der Waals surface area (Å²) in [7, 11) is 0. The SMILES string of the molecule is CC1Cc2cc(N)ccc2N1C(=O)NC1CCOC1. The minimum Gasteiger partial charge on any atom is -0.399 e. The van der Waals surface area contributed by atoms with Crippen LogP contribution in [-0.2, 0) is 11.2 Å². The highest BCUT2D eigenvalue weighted by molar-refractivity contribution is 5.95. The Morgan fingerprint density at radius 1 is 1.53 bits per heavy atom. The largest absolute Gasteiger partial charge is 0.399 e. The van der Waals surface area contributed by atoms with E-state index in [0.717, 1.165) is 36.4 Å². The van der Waals surface area contributed by atoms with Crippen molar-refractivity contribution < 1.29 is 9.53 Å². The van der Waals surface area contributed by atoms with Crippen molar-refractivity contribution in [2.45, 2.75) is 31.8 Å². The third-order valence-corrected chi connectivity index (χ3v) is 3.80. The average molecular weight is 261 g/mol. The Morgan fingerprint density at radius 3 is 3.11 bits per heavy atom. The number of benzene rings is 1. The predicted octanol–water partition coefficient (Wildman–Crippen LogP) is 1.52. The number of urea groups is 1. The van der Waals surface area contributed by atoms with Crippen LogP contribution in [0.2, 0.25) is 0 Å². The molecular weight excluding hydrogens is 242 g/mol. The average Bonchev–Trinajstić information content (AvgIpc) is 2.95. The van der Waals surface area contributed by atoms with Crippen LogP contribution >= 0.6 is 0 Å². The van der Waals surface area contributed by atoms with Gasteiger partial charge in [0.15, 0.2) is 0 Å². The molecule has 0 aromatic heterocycles. The first kappa shape index (κ1) is 12.3. The highest BCUT2D eigenvalue weighted by atomic mass is 16.5. The lowest BCUT2D eigenvalue weighted by atomic mass is 10.1. The molecule has 1 aromatic carbocycles. The molecule has 0 aliphatic carbocycles. The number of nitrogens with one attached hydrogen (secondary N) is 1. The molecule has 1 saturated heterocycles. The van der Waals surface area contributed by atoms with Crippen LogP contribution in [0.5, 0.6) is 0 Å². The number of rotatable bonds is 1. The van der Waals surface area contributed by atoms with Crippen LogP contribution in [0.25, 0.3) is 0 Å². The molecule has 0 spiro atoms. The summed E-state index contributed by atoms with van der Waals surface area (Å²) in [4.78, 5) is 14.2. The van der Waals surface area contributed by atoms with E-state index < -0.39 is 0 Å². The van der Waals surface area contributed by atoms with Gasteiger partial charge in [0.25, 0.3) is 0 Å². The van der Waals surface area contributed by atoms with Crippen molar-refractivity contribution in [1.29, 1.82) is 0 Å². The molecule has 3 rings (SSSR count). The smallest absolute Gasteiger partial charge is 0.322 e. The van der Waals surface area contributed by atoms with Crippen molar-refractivity contribution in [3.05, 3.63) is 23.8 Å². The fourth-order valence-electron chi connectivity index (χ4n) is 2.85. The van der Waals surface area contributed by atoms with Gasteiger partial charge in [-0.05, 0) is 43.5 Å². The Labute approximate surface area is 112 Å². The van der Waals surface area contributed by atoms with Gasteiger partial charge in [0.2, 0.25) is 0 Å². The van der Waals surface area contributed by atoms with Crippen molar-refractivity contribution in [3.63, 3.8) is 0 Å². The fraction of sp³-hybridized carbons (Fsp3) is 0.500. The van der Waals surface area contributed by atoms with E-state index in [1.807, 2.05) is 23.1 Å². The van der Waals surface area contributed by atoms with Gasteiger partial charge in [-0.3, -0.25) is 4.90 Å². The summed E-state index contributed by atoms with van der Waals surface area (Å²) < 4.78 is 5.28. The summed E-state index contributed by atoms with van der Waals surface area (Å²) in [5.41, 5.74) is 8.66. The molecule has 0 radical (unpaired) electrons. The zero-order valence-corrected chi connectivity index (χ0v) is 11.1. The molecule has 2 amide bonds. The van der Waals surface area contributed by atoms with E-state index in [9.17, 15) is 4.79 Å². The van der Waals surface area contributed by atoms with Crippen molar-refractivity contribution >= 4 is 17.4 Å². The molecule has 1 fully saturated rings. The molecule has 19 heavy (non-hydrogen) atoms. The third-order valence-electron chi connectivity index (χ3n) is 3.80. The Bertz CT molecular complexity index is 497. The number of nitrogen functional groups attached to an aromatic ring is 1. The van der Waals surface area contributed by atoms with Crippen molar-refractivity contribution in [1.82, 2.24) is 5.32 Å². The second kappa shape index (κ2) is 4.74. The molecule has 3 N–H and O–H groups in total. The Hall–Kier alpha value is -1.75. The molecule has 2 aliphatic rings. The second-order valence-electron chi connectivity index (χ2n) is 5.32. The lowest BCUT2D eigenvalue weighted by Gasteiger charge is -2.24. The third kappa shape index (κ3) is 2.26. The molecule has 0 saturated carbocycles. The van der Waals surface area contributed by atoms with Gasteiger partial charge < -0.3 is 15.8 Å². The first-order chi connectivity index (χ1) is 9.15. The van der Waals surface area contributed by atoms with Crippen LogP contribution in [0, 0.1) is 0 Å². The summed E-state index contributed by atoms with van der Waals surface area (Å²) in [6.07, 6.45) is 1.75. The van der Waals surface area contributed by atoms with Crippen LogP contribution in [0.15, 0.2) is 18.2 Å². The summed E-state index contributed by atoms with van der Waals surface area (Å²) in [6, 6.07) is 6.00. The summed E-state index contributed by atoms with van der Waals surface area (Å²) in [5, 5.41) is 3.04. The Balaban J connectivity index is 1.79. The van der Waals surface area contributed by atoms with Gasteiger partial charge in [-0.15, -0.1) is 0 Å². The van der Waals surface area contributed by atoms with E-state index in [0.29, 0.717) is 6.61 Å². The maximum absolute atomic E-state index is 12.4. The van der Waals surface area contributed by atoms with Gasteiger partial charge in [0.05, 0.1) is 12.6 Å². The number of nitrogens with zero attached hydrogens (tertiary/aromatic N) is 1. The molecule has 2 unspecified atom stereocenters. The van der Waals surface area contributed by atoms with Crippen LogP contribution in [0.1, 0.15) is 18.9 Å². The minimum atomic E-state index is -0.0356. The van der Waals surface area contributed by atoms with Gasteiger partial charge >= 0.3 is 6.03 Å². The van der Waals surface area contributed by atoms with E-state index in [2.05, 4.69) is 12.2 Å². The lowest BCUT2D eigenvalue weighted by molar-refractivity contribution is 0.189. The normalized spacial score (nSPS) is 25.4. The topological polar surface area (TPSA) is 67.6 Å². The number of amides is 2. The molecule has 2 atom stereocenters. The number of nitrogens with two attached hydrogens (primary N) is 1. The van der Waals surface area contributed by atoms with E-state index in [-0.39, 0.29) is 18.1 Å². The second-order valence-corrected chi connectivity index (χ2v) is 5.32. The highest BCUT2D eigenvalue weighted by Crippen LogP contribution is 2.33. The highest BCUT2D eigenvalue weighted by Gasteiger charge is 2.32. The molecule has 2 heterocycles. The zero-order valence-electron chi connectivity index (χ0n) is 11.1. The van der Waals surface area contributed by atoms with Crippen LogP contribution < -0.4 is 16.0 Å². The maximum atomic E-state index is 12.4. The van der Waals surface area contributed by atoms with E-state index in [1.165, 1.54) is 0 Å². The van der Waals surface area contributed by atoms with Gasteiger partial charge in [0.1, 0.15) is 0 Å². The van der Waals surface area contributed by atoms with Crippen LogP contribution in [-0.4, -0.2) is 31.3 Å². The Kier molecular flexibility index (Phi) is 3.06. The number of hydrogen-bond donors (Lipinski definition) is 2. The maximum Gasteiger partial charge on any atom is 0.322 e. The van der Waals surface area contributed by atoms with Gasteiger partial charge in [-0.1, -0.05) is 0 Å². The minimum absolute atomic E-state index is 0.0356. The number of ether oxygens (including phenoxy) is 1. The van der Waals surface area contributed by atoms with Crippen molar-refractivity contribution in [3.8, 4) is 0 Å². The number of fused-ring (bicyclic) bond motifs is 1. The molecular formula is C14H19N3O2. The zero-order chi connectivity index (χ0) is 13.4.